The number of aryl methyl sites for hydroxylation is 2. The van der Waals surface area contributed by atoms with E-state index in [4.69, 9.17) is 4.74 Å². The number of nitrogens with zero attached hydrogens (tertiary/aromatic N) is 3. The molecule has 1 aliphatic heterocycles. The van der Waals surface area contributed by atoms with E-state index >= 15 is 0 Å². The van der Waals surface area contributed by atoms with Crippen LogP contribution in [0.1, 0.15) is 24.2 Å². The van der Waals surface area contributed by atoms with E-state index in [0.29, 0.717) is 30.0 Å². The Balaban J connectivity index is 1.52. The maximum absolute atomic E-state index is 12.4. The van der Waals surface area contributed by atoms with Gasteiger partial charge >= 0.3 is 6.03 Å². The van der Waals surface area contributed by atoms with Gasteiger partial charge in [-0.1, -0.05) is 18.2 Å². The predicted molar refractivity (Wildman–Crippen MR) is 94.6 cm³/mol. The van der Waals surface area contributed by atoms with Gasteiger partial charge in [0.2, 0.25) is 5.13 Å². The van der Waals surface area contributed by atoms with E-state index in [9.17, 15) is 4.79 Å². The Bertz CT molecular complexity index is 703. The summed E-state index contributed by atoms with van der Waals surface area (Å²) in [6.07, 6.45) is 2.07. The molecule has 0 saturated carbocycles. The lowest BCUT2D eigenvalue weighted by molar-refractivity contribution is 0.144. The van der Waals surface area contributed by atoms with Gasteiger partial charge in [0, 0.05) is 30.5 Å². The van der Waals surface area contributed by atoms with Gasteiger partial charge < -0.3 is 9.64 Å². The molecule has 1 N–H and O–H groups in total. The molecule has 128 valence electrons. The van der Waals surface area contributed by atoms with Crippen molar-refractivity contribution in [2.24, 2.45) is 5.92 Å². The van der Waals surface area contributed by atoms with Crippen molar-refractivity contribution in [3.63, 3.8) is 0 Å². The third kappa shape index (κ3) is 4.23. The molecule has 0 spiro atoms. The predicted octanol–water partition coefficient (Wildman–Crippen LogP) is 3.48. The number of piperidine rings is 1. The van der Waals surface area contributed by atoms with Crippen molar-refractivity contribution in [1.82, 2.24) is 14.3 Å². The Kier molecular flexibility index (Phi) is 5.30. The zero-order chi connectivity index (χ0) is 16.9. The van der Waals surface area contributed by atoms with Crippen LogP contribution in [0.3, 0.4) is 0 Å². The lowest BCUT2D eigenvalue weighted by atomic mass is 9.99. The summed E-state index contributed by atoms with van der Waals surface area (Å²) in [6, 6.07) is 7.91. The van der Waals surface area contributed by atoms with Gasteiger partial charge in [-0.25, -0.2) is 9.78 Å². The SMILES string of the molecule is Cc1nsc(NC(=O)N2CCC[C@H](COc3ccccc3C)C2)n1. The van der Waals surface area contributed by atoms with Crippen molar-refractivity contribution >= 4 is 22.7 Å². The van der Waals surface area contributed by atoms with Crippen LogP contribution in [0, 0.1) is 19.8 Å². The first kappa shape index (κ1) is 16.7. The number of hydrogen-bond acceptors (Lipinski definition) is 5. The van der Waals surface area contributed by atoms with Crippen LogP contribution in [0.4, 0.5) is 9.93 Å². The Hall–Kier alpha value is -2.15. The zero-order valence-electron chi connectivity index (χ0n) is 14.0. The molecule has 1 aromatic carbocycles. The van der Waals surface area contributed by atoms with Gasteiger partial charge in [-0.2, -0.15) is 4.37 Å². The number of carbonyl (C=O) groups excluding carboxylic acids is 1. The molecule has 0 radical (unpaired) electrons. The molecule has 1 aromatic heterocycles. The van der Waals surface area contributed by atoms with Crippen LogP contribution in [0.5, 0.6) is 5.75 Å². The number of likely N-dealkylation sites (tertiary alicyclic amines) is 1. The molecular weight excluding hydrogens is 324 g/mol. The normalized spacial score (nSPS) is 17.6. The molecule has 2 heterocycles. The smallest absolute Gasteiger partial charge is 0.323 e. The molecular formula is C17H22N4O2S. The second kappa shape index (κ2) is 7.61. The summed E-state index contributed by atoms with van der Waals surface area (Å²) in [7, 11) is 0. The number of aromatic nitrogens is 2. The maximum atomic E-state index is 12.4. The number of nitrogens with one attached hydrogen (secondary N) is 1. The van der Waals surface area contributed by atoms with Crippen LogP contribution in [0.25, 0.3) is 0 Å². The highest BCUT2D eigenvalue weighted by Gasteiger charge is 2.25. The van der Waals surface area contributed by atoms with Crippen molar-refractivity contribution in [2.45, 2.75) is 26.7 Å². The van der Waals surface area contributed by atoms with Crippen molar-refractivity contribution in [1.29, 1.82) is 0 Å². The lowest BCUT2D eigenvalue weighted by Gasteiger charge is -2.32. The van der Waals surface area contributed by atoms with Gasteiger partial charge in [0.15, 0.2) is 0 Å². The first-order valence-electron chi connectivity index (χ1n) is 8.16. The van der Waals surface area contributed by atoms with Crippen LogP contribution >= 0.6 is 11.5 Å². The van der Waals surface area contributed by atoms with Gasteiger partial charge in [0.25, 0.3) is 0 Å². The maximum Gasteiger partial charge on any atom is 0.323 e. The van der Waals surface area contributed by atoms with Crippen molar-refractivity contribution in [3.8, 4) is 5.75 Å². The van der Waals surface area contributed by atoms with E-state index in [-0.39, 0.29) is 6.03 Å². The number of anilines is 1. The lowest BCUT2D eigenvalue weighted by Crippen LogP contribution is -2.43. The van der Waals surface area contributed by atoms with Crippen molar-refractivity contribution in [2.75, 3.05) is 25.0 Å². The van der Waals surface area contributed by atoms with Crippen molar-refractivity contribution in [3.05, 3.63) is 35.7 Å². The van der Waals surface area contributed by atoms with E-state index in [0.717, 1.165) is 30.7 Å². The standard InChI is InChI=1S/C17H22N4O2S/c1-12-6-3-4-8-15(12)23-11-14-7-5-9-21(10-14)17(22)19-16-18-13(2)20-24-16/h3-4,6,8,14H,5,7,9-11H2,1-2H3,(H,18,19,20,22)/t14-/m0/s1. The average Bonchev–Trinajstić information content (AvgIpc) is 2.99. The minimum atomic E-state index is -0.105. The highest BCUT2D eigenvalue weighted by atomic mass is 32.1. The van der Waals surface area contributed by atoms with E-state index in [2.05, 4.69) is 14.7 Å². The Morgan fingerprint density at radius 1 is 1.42 bits per heavy atom. The molecule has 24 heavy (non-hydrogen) atoms. The number of amides is 2. The fourth-order valence-corrected chi connectivity index (χ4v) is 3.40. The average molecular weight is 346 g/mol. The molecule has 0 aliphatic carbocycles. The molecule has 7 heteroatoms. The molecule has 1 atom stereocenters. The highest BCUT2D eigenvalue weighted by Crippen LogP contribution is 2.22. The van der Waals surface area contributed by atoms with Crippen LogP contribution < -0.4 is 10.1 Å². The summed E-state index contributed by atoms with van der Waals surface area (Å²) in [5.74, 6) is 1.95. The number of hydrogen-bond donors (Lipinski definition) is 1. The quantitative estimate of drug-likeness (QED) is 0.920. The summed E-state index contributed by atoms with van der Waals surface area (Å²) in [5.41, 5.74) is 1.13. The highest BCUT2D eigenvalue weighted by molar-refractivity contribution is 7.09. The fourth-order valence-electron chi connectivity index (χ4n) is 2.83. The zero-order valence-corrected chi connectivity index (χ0v) is 14.8. The summed E-state index contributed by atoms with van der Waals surface area (Å²) in [6.45, 7) is 5.96. The van der Waals surface area contributed by atoms with Gasteiger partial charge in [0.1, 0.15) is 11.6 Å². The molecule has 3 rings (SSSR count). The molecule has 6 nitrogen and oxygen atoms in total. The van der Waals surface area contributed by atoms with Crippen LogP contribution in [0.2, 0.25) is 0 Å². The minimum Gasteiger partial charge on any atom is -0.493 e. The number of rotatable bonds is 4. The molecule has 2 amide bonds. The van der Waals surface area contributed by atoms with E-state index in [1.54, 1.807) is 0 Å². The first-order valence-corrected chi connectivity index (χ1v) is 8.94. The molecule has 1 fully saturated rings. The summed E-state index contributed by atoms with van der Waals surface area (Å²) in [5, 5.41) is 3.38. The van der Waals surface area contributed by atoms with Gasteiger partial charge in [-0.3, -0.25) is 5.32 Å². The molecule has 0 unspecified atom stereocenters. The summed E-state index contributed by atoms with van der Waals surface area (Å²) >= 11 is 1.21. The topological polar surface area (TPSA) is 67.4 Å². The summed E-state index contributed by atoms with van der Waals surface area (Å²) in [4.78, 5) is 18.4. The van der Waals surface area contributed by atoms with E-state index < -0.39 is 0 Å². The third-order valence-corrected chi connectivity index (χ3v) is 4.84. The minimum absolute atomic E-state index is 0.105. The van der Waals surface area contributed by atoms with Gasteiger partial charge in [-0.15, -0.1) is 0 Å². The van der Waals surface area contributed by atoms with Crippen LogP contribution in [-0.2, 0) is 0 Å². The Morgan fingerprint density at radius 2 is 2.25 bits per heavy atom. The number of benzene rings is 1. The second-order valence-electron chi connectivity index (χ2n) is 6.11. The molecule has 0 bridgehead atoms. The number of ether oxygens (including phenoxy) is 1. The second-order valence-corrected chi connectivity index (χ2v) is 6.86. The van der Waals surface area contributed by atoms with Gasteiger partial charge in [-0.05, 0) is 38.3 Å². The van der Waals surface area contributed by atoms with Gasteiger partial charge in [0.05, 0.1) is 6.61 Å². The Morgan fingerprint density at radius 3 is 3.00 bits per heavy atom. The fraction of sp³-hybridized carbons (Fsp3) is 0.471. The molecule has 1 aliphatic rings. The molecule has 2 aromatic rings. The van der Waals surface area contributed by atoms with E-state index in [1.165, 1.54) is 11.5 Å². The third-order valence-electron chi connectivity index (χ3n) is 4.12. The van der Waals surface area contributed by atoms with Crippen molar-refractivity contribution < 1.29 is 9.53 Å². The number of carbonyl (C=O) groups is 1. The van der Waals surface area contributed by atoms with E-state index in [1.807, 2.05) is 43.0 Å². The Labute approximate surface area is 146 Å². The molecule has 1 saturated heterocycles. The monoisotopic (exact) mass is 346 g/mol. The largest absolute Gasteiger partial charge is 0.493 e. The number of urea groups is 1. The van der Waals surface area contributed by atoms with Crippen LogP contribution in [0.15, 0.2) is 24.3 Å². The first-order chi connectivity index (χ1) is 11.6. The number of para-hydroxylation sites is 1. The van der Waals surface area contributed by atoms with Crippen LogP contribution in [-0.4, -0.2) is 40.0 Å². The summed E-state index contributed by atoms with van der Waals surface area (Å²) < 4.78 is 10.0.